The van der Waals surface area contributed by atoms with Gasteiger partial charge < -0.3 is 9.84 Å². The molecule has 3 heteroatoms. The SMILES string of the molecule is CC(C)(C)OC(=O)C[C@H](CO)Cc1ccc(-c2ccccc2)cc1. The summed E-state index contributed by atoms with van der Waals surface area (Å²) in [5.41, 5.74) is 2.95. The highest BCUT2D eigenvalue weighted by Crippen LogP contribution is 2.21. The summed E-state index contributed by atoms with van der Waals surface area (Å²) < 4.78 is 5.33. The van der Waals surface area contributed by atoms with Crippen molar-refractivity contribution >= 4 is 5.97 Å². The summed E-state index contributed by atoms with van der Waals surface area (Å²) in [6, 6.07) is 18.5. The van der Waals surface area contributed by atoms with Gasteiger partial charge in [-0.3, -0.25) is 4.79 Å². The van der Waals surface area contributed by atoms with E-state index in [1.807, 2.05) is 39.0 Å². The van der Waals surface area contributed by atoms with Crippen molar-refractivity contribution in [2.75, 3.05) is 6.61 Å². The number of ether oxygens (including phenoxy) is 1. The summed E-state index contributed by atoms with van der Waals surface area (Å²) in [6.45, 7) is 5.52. The Morgan fingerprint density at radius 2 is 1.58 bits per heavy atom. The van der Waals surface area contributed by atoms with Crippen molar-refractivity contribution in [1.29, 1.82) is 0 Å². The van der Waals surface area contributed by atoms with Crippen LogP contribution in [-0.2, 0) is 16.0 Å². The van der Waals surface area contributed by atoms with E-state index < -0.39 is 5.60 Å². The molecule has 2 aromatic carbocycles. The molecule has 0 aliphatic heterocycles. The van der Waals surface area contributed by atoms with Crippen molar-refractivity contribution in [2.45, 2.75) is 39.2 Å². The maximum atomic E-state index is 11.9. The summed E-state index contributed by atoms with van der Waals surface area (Å²) in [5.74, 6) is -0.384. The Morgan fingerprint density at radius 3 is 2.12 bits per heavy atom. The fourth-order valence-electron chi connectivity index (χ4n) is 2.62. The fraction of sp³-hybridized carbons (Fsp3) is 0.381. The second-order valence-electron chi connectivity index (χ2n) is 7.11. The lowest BCUT2D eigenvalue weighted by atomic mass is 9.95. The van der Waals surface area contributed by atoms with Crippen LogP contribution in [0.4, 0.5) is 0 Å². The maximum absolute atomic E-state index is 11.9. The first-order valence-corrected chi connectivity index (χ1v) is 8.34. The lowest BCUT2D eigenvalue weighted by Crippen LogP contribution is -2.26. The molecule has 0 aliphatic carbocycles. The molecule has 0 unspecified atom stereocenters. The van der Waals surface area contributed by atoms with Crippen molar-refractivity contribution < 1.29 is 14.6 Å². The van der Waals surface area contributed by atoms with Gasteiger partial charge in [-0.15, -0.1) is 0 Å². The van der Waals surface area contributed by atoms with Crippen LogP contribution in [-0.4, -0.2) is 23.3 Å². The molecule has 2 aromatic rings. The minimum Gasteiger partial charge on any atom is -0.460 e. The molecule has 0 bridgehead atoms. The van der Waals surface area contributed by atoms with Crippen LogP contribution in [0.2, 0.25) is 0 Å². The van der Waals surface area contributed by atoms with Gasteiger partial charge in [0.2, 0.25) is 0 Å². The molecule has 0 saturated carbocycles. The molecule has 1 N–H and O–H groups in total. The molecular weight excluding hydrogens is 300 g/mol. The van der Waals surface area contributed by atoms with Crippen LogP contribution in [0.3, 0.4) is 0 Å². The third kappa shape index (κ3) is 5.82. The Hall–Kier alpha value is -2.13. The average molecular weight is 326 g/mol. The first-order chi connectivity index (χ1) is 11.4. The molecule has 0 saturated heterocycles. The van der Waals surface area contributed by atoms with Crippen molar-refractivity contribution in [3.63, 3.8) is 0 Å². The van der Waals surface area contributed by atoms with Crippen molar-refractivity contribution in [1.82, 2.24) is 0 Å². The molecule has 3 nitrogen and oxygen atoms in total. The summed E-state index contributed by atoms with van der Waals surface area (Å²) >= 11 is 0. The average Bonchev–Trinajstić information content (AvgIpc) is 2.54. The van der Waals surface area contributed by atoms with E-state index >= 15 is 0 Å². The molecule has 0 aromatic heterocycles. The number of carbonyl (C=O) groups is 1. The van der Waals surface area contributed by atoms with Crippen LogP contribution in [0.25, 0.3) is 11.1 Å². The number of hydrogen-bond acceptors (Lipinski definition) is 3. The number of aliphatic hydroxyl groups is 1. The third-order valence-electron chi connectivity index (χ3n) is 3.72. The molecule has 128 valence electrons. The highest BCUT2D eigenvalue weighted by Gasteiger charge is 2.20. The predicted octanol–water partition coefficient (Wildman–Crippen LogP) is 4.24. The second-order valence-corrected chi connectivity index (χ2v) is 7.11. The number of carbonyl (C=O) groups excluding carboxylic acids is 1. The zero-order valence-electron chi connectivity index (χ0n) is 14.7. The van der Waals surface area contributed by atoms with Crippen molar-refractivity contribution in [3.8, 4) is 11.1 Å². The van der Waals surface area contributed by atoms with E-state index in [9.17, 15) is 9.90 Å². The van der Waals surface area contributed by atoms with Crippen molar-refractivity contribution in [2.24, 2.45) is 5.92 Å². The first-order valence-electron chi connectivity index (χ1n) is 8.34. The van der Waals surface area contributed by atoms with Crippen LogP contribution in [0.15, 0.2) is 54.6 Å². The smallest absolute Gasteiger partial charge is 0.306 e. The van der Waals surface area contributed by atoms with E-state index in [0.717, 1.165) is 11.1 Å². The lowest BCUT2D eigenvalue weighted by Gasteiger charge is -2.21. The molecule has 0 amide bonds. The quantitative estimate of drug-likeness (QED) is 0.808. The molecule has 24 heavy (non-hydrogen) atoms. The van der Waals surface area contributed by atoms with Gasteiger partial charge in [-0.1, -0.05) is 54.6 Å². The highest BCUT2D eigenvalue weighted by molar-refractivity contribution is 5.70. The topological polar surface area (TPSA) is 46.5 Å². The van der Waals surface area contributed by atoms with Gasteiger partial charge in [-0.25, -0.2) is 0 Å². The molecule has 0 spiro atoms. The van der Waals surface area contributed by atoms with Gasteiger partial charge in [0.1, 0.15) is 5.60 Å². The Bertz CT molecular complexity index is 639. The molecule has 0 radical (unpaired) electrons. The Kier molecular flexibility index (Phi) is 6.16. The Labute approximate surface area is 144 Å². The van der Waals surface area contributed by atoms with E-state index in [-0.39, 0.29) is 24.9 Å². The summed E-state index contributed by atoms with van der Waals surface area (Å²) in [4.78, 5) is 11.9. The normalized spacial score (nSPS) is 12.7. The first kappa shape index (κ1) is 18.2. The zero-order chi connectivity index (χ0) is 17.6. The van der Waals surface area contributed by atoms with E-state index in [1.54, 1.807) is 0 Å². The lowest BCUT2D eigenvalue weighted by molar-refractivity contribution is -0.156. The van der Waals surface area contributed by atoms with E-state index in [1.165, 1.54) is 5.56 Å². The molecule has 0 fully saturated rings. The minimum atomic E-state index is -0.492. The number of rotatable bonds is 6. The van der Waals surface area contributed by atoms with E-state index in [2.05, 4.69) is 36.4 Å². The highest BCUT2D eigenvalue weighted by atomic mass is 16.6. The van der Waals surface area contributed by atoms with Gasteiger partial charge in [0, 0.05) is 6.61 Å². The van der Waals surface area contributed by atoms with Gasteiger partial charge in [0.25, 0.3) is 0 Å². The summed E-state index contributed by atoms with van der Waals surface area (Å²) in [5, 5.41) is 9.56. The van der Waals surface area contributed by atoms with Gasteiger partial charge in [-0.2, -0.15) is 0 Å². The van der Waals surface area contributed by atoms with Gasteiger partial charge >= 0.3 is 5.97 Å². The number of hydrogen-bond donors (Lipinski definition) is 1. The second kappa shape index (κ2) is 8.11. The summed E-state index contributed by atoms with van der Waals surface area (Å²) in [7, 11) is 0. The van der Waals surface area contributed by atoms with Crippen LogP contribution in [0.1, 0.15) is 32.8 Å². The fourth-order valence-corrected chi connectivity index (χ4v) is 2.62. The van der Waals surface area contributed by atoms with Crippen LogP contribution >= 0.6 is 0 Å². The molecule has 0 heterocycles. The third-order valence-corrected chi connectivity index (χ3v) is 3.72. The molecular formula is C21H26O3. The van der Waals surface area contributed by atoms with Crippen LogP contribution in [0.5, 0.6) is 0 Å². The largest absolute Gasteiger partial charge is 0.460 e. The maximum Gasteiger partial charge on any atom is 0.306 e. The number of aliphatic hydroxyl groups excluding tert-OH is 1. The Balaban J connectivity index is 1.97. The Morgan fingerprint density at radius 1 is 1.00 bits per heavy atom. The van der Waals surface area contributed by atoms with Crippen LogP contribution < -0.4 is 0 Å². The van der Waals surface area contributed by atoms with Gasteiger partial charge in [0.15, 0.2) is 0 Å². The molecule has 1 atom stereocenters. The van der Waals surface area contributed by atoms with E-state index in [0.29, 0.717) is 6.42 Å². The van der Waals surface area contributed by atoms with Crippen molar-refractivity contribution in [3.05, 3.63) is 60.2 Å². The van der Waals surface area contributed by atoms with Gasteiger partial charge in [0.05, 0.1) is 6.42 Å². The zero-order valence-corrected chi connectivity index (χ0v) is 14.7. The van der Waals surface area contributed by atoms with E-state index in [4.69, 9.17) is 4.74 Å². The van der Waals surface area contributed by atoms with Gasteiger partial charge in [-0.05, 0) is 49.8 Å². The van der Waals surface area contributed by atoms with Crippen LogP contribution in [0, 0.1) is 5.92 Å². The minimum absolute atomic E-state index is 0.0281. The number of esters is 1. The standard InChI is InChI=1S/C21H26O3/c1-21(2,3)24-20(23)14-17(15-22)13-16-9-11-19(12-10-16)18-7-5-4-6-8-18/h4-12,17,22H,13-15H2,1-3H3/t17-/m1/s1. The molecule has 0 aliphatic rings. The predicted molar refractivity (Wildman–Crippen MR) is 96.6 cm³/mol. The summed E-state index contributed by atoms with van der Waals surface area (Å²) in [6.07, 6.45) is 0.888. The number of benzene rings is 2. The molecule has 2 rings (SSSR count). The monoisotopic (exact) mass is 326 g/mol.